The molecule has 4 bridgehead atoms. The third kappa shape index (κ3) is 3.68. The highest BCUT2D eigenvalue weighted by atomic mass is 16.6. The minimum absolute atomic E-state index is 0.0869. The van der Waals surface area contributed by atoms with Crippen LogP contribution in [0.25, 0.3) is 0 Å². The molecule has 1 aliphatic heterocycles. The summed E-state index contributed by atoms with van der Waals surface area (Å²) in [4.78, 5) is 28.4. The normalized spacial score (nSPS) is 35.0. The van der Waals surface area contributed by atoms with Gasteiger partial charge in [0.1, 0.15) is 13.2 Å². The summed E-state index contributed by atoms with van der Waals surface area (Å²) in [5.74, 6) is 2.00. The van der Waals surface area contributed by atoms with Gasteiger partial charge in [0.25, 0.3) is 0 Å². The molecule has 2 unspecified atom stereocenters. The fourth-order valence-corrected chi connectivity index (χ4v) is 7.84. The number of hydrogen-bond acceptors (Lipinski definition) is 4. The van der Waals surface area contributed by atoms with E-state index in [-0.39, 0.29) is 34.6 Å². The Kier molecular flexibility index (Phi) is 4.76. The van der Waals surface area contributed by atoms with Gasteiger partial charge in [-0.1, -0.05) is 13.8 Å². The van der Waals surface area contributed by atoms with E-state index >= 15 is 0 Å². The van der Waals surface area contributed by atoms with E-state index in [0.717, 1.165) is 19.3 Å². The Morgan fingerprint density at radius 2 is 1.71 bits per heavy atom. The summed E-state index contributed by atoms with van der Waals surface area (Å²) < 4.78 is 11.1. The lowest BCUT2D eigenvalue weighted by Gasteiger charge is -2.65. The van der Waals surface area contributed by atoms with Crippen LogP contribution in [0.3, 0.4) is 0 Å². The van der Waals surface area contributed by atoms with Crippen molar-refractivity contribution in [1.29, 1.82) is 0 Å². The van der Waals surface area contributed by atoms with Crippen LogP contribution in [0.4, 0.5) is 5.69 Å². The quantitative estimate of drug-likeness (QED) is 0.765. The first kappa shape index (κ1) is 20.7. The minimum Gasteiger partial charge on any atom is -0.486 e. The molecule has 4 fully saturated rings. The predicted octanol–water partition coefficient (Wildman–Crippen LogP) is 4.24. The van der Waals surface area contributed by atoms with Gasteiger partial charge >= 0.3 is 0 Å². The molecule has 0 spiro atoms. The minimum atomic E-state index is -0.282. The summed E-state index contributed by atoms with van der Waals surface area (Å²) in [6, 6.07) is 5.40. The molecular formula is C25H34N2O4. The lowest BCUT2D eigenvalue weighted by Crippen LogP contribution is -2.60. The average molecular weight is 427 g/mol. The maximum absolute atomic E-state index is 13.8. The number of carbonyl (C=O) groups excluding carboxylic acids is 2. The third-order valence-corrected chi connectivity index (χ3v) is 7.91. The molecular weight excluding hydrogens is 392 g/mol. The highest BCUT2D eigenvalue weighted by Gasteiger charge is 2.63. The summed E-state index contributed by atoms with van der Waals surface area (Å²) in [5, 5.41) is 2.93. The van der Waals surface area contributed by atoms with Crippen molar-refractivity contribution in [3.63, 3.8) is 0 Å². The number of carbonyl (C=O) groups is 2. The predicted molar refractivity (Wildman–Crippen MR) is 118 cm³/mol. The Bertz CT molecular complexity index is 895. The van der Waals surface area contributed by atoms with Crippen molar-refractivity contribution in [2.75, 3.05) is 31.6 Å². The van der Waals surface area contributed by atoms with Crippen molar-refractivity contribution < 1.29 is 19.1 Å². The van der Waals surface area contributed by atoms with E-state index in [9.17, 15) is 9.59 Å². The zero-order valence-corrected chi connectivity index (χ0v) is 19.0. The number of nitrogens with one attached hydrogen (secondary N) is 1. The molecule has 31 heavy (non-hydrogen) atoms. The molecule has 5 aliphatic rings. The molecule has 168 valence electrons. The van der Waals surface area contributed by atoms with Crippen molar-refractivity contribution in [2.24, 2.45) is 22.2 Å². The number of fused-ring (bicyclic) bond motifs is 1. The van der Waals surface area contributed by atoms with Crippen LogP contribution in [-0.4, -0.2) is 43.0 Å². The van der Waals surface area contributed by atoms with Gasteiger partial charge in [-0.2, -0.15) is 0 Å². The number of likely N-dealkylation sites (N-methyl/N-ethyl adjacent to an activating group) is 1. The molecule has 6 rings (SSSR count). The first-order chi connectivity index (χ1) is 14.7. The van der Waals surface area contributed by atoms with Gasteiger partial charge in [-0.15, -0.1) is 0 Å². The Hall–Kier alpha value is -2.24. The van der Waals surface area contributed by atoms with Crippen LogP contribution >= 0.6 is 0 Å². The molecule has 0 saturated heterocycles. The highest BCUT2D eigenvalue weighted by molar-refractivity contribution is 5.95. The van der Waals surface area contributed by atoms with Crippen LogP contribution in [0, 0.1) is 22.2 Å². The maximum Gasteiger partial charge on any atom is 0.243 e. The van der Waals surface area contributed by atoms with E-state index in [4.69, 9.17) is 9.47 Å². The van der Waals surface area contributed by atoms with Gasteiger partial charge in [0.05, 0.1) is 12.0 Å². The second-order valence-electron chi connectivity index (χ2n) is 11.1. The van der Waals surface area contributed by atoms with Crippen molar-refractivity contribution in [3.05, 3.63) is 18.2 Å². The van der Waals surface area contributed by atoms with Gasteiger partial charge in [-0.25, -0.2) is 0 Å². The number of ether oxygens (including phenoxy) is 2. The number of rotatable bonds is 5. The molecule has 1 N–H and O–H groups in total. The molecule has 4 aliphatic carbocycles. The third-order valence-electron chi connectivity index (χ3n) is 7.91. The highest BCUT2D eigenvalue weighted by Crippen LogP contribution is 2.69. The Morgan fingerprint density at radius 3 is 2.35 bits per heavy atom. The van der Waals surface area contributed by atoms with Gasteiger partial charge in [0.15, 0.2) is 11.5 Å². The first-order valence-corrected chi connectivity index (χ1v) is 11.7. The number of anilines is 1. The van der Waals surface area contributed by atoms with E-state index in [1.54, 1.807) is 11.0 Å². The monoisotopic (exact) mass is 426 g/mol. The molecule has 1 heterocycles. The number of benzene rings is 1. The fourth-order valence-electron chi connectivity index (χ4n) is 7.84. The lowest BCUT2D eigenvalue weighted by molar-refractivity contribution is -0.179. The van der Waals surface area contributed by atoms with Crippen LogP contribution in [-0.2, 0) is 9.59 Å². The van der Waals surface area contributed by atoms with Crippen LogP contribution in [0.2, 0.25) is 0 Å². The summed E-state index contributed by atoms with van der Waals surface area (Å²) in [7, 11) is 0. The van der Waals surface area contributed by atoms with E-state index in [1.807, 2.05) is 19.1 Å². The second kappa shape index (κ2) is 7.14. The number of hydrogen-bond donors (Lipinski definition) is 1. The van der Waals surface area contributed by atoms with Gasteiger partial charge in [-0.05, 0) is 74.3 Å². The molecule has 0 radical (unpaired) electrons. The second-order valence-corrected chi connectivity index (χ2v) is 11.1. The average Bonchev–Trinajstić information content (AvgIpc) is 2.68. The summed E-state index contributed by atoms with van der Waals surface area (Å²) >= 11 is 0. The van der Waals surface area contributed by atoms with E-state index in [0.29, 0.717) is 42.9 Å². The molecule has 0 aromatic heterocycles. The Balaban J connectivity index is 1.29. The van der Waals surface area contributed by atoms with Crippen molar-refractivity contribution in [2.45, 2.75) is 59.3 Å². The van der Waals surface area contributed by atoms with E-state index in [1.165, 1.54) is 19.3 Å². The van der Waals surface area contributed by atoms with Crippen LogP contribution in [0.1, 0.15) is 59.3 Å². The molecule has 1 aromatic rings. The Morgan fingerprint density at radius 1 is 1.03 bits per heavy atom. The largest absolute Gasteiger partial charge is 0.486 e. The van der Waals surface area contributed by atoms with Crippen LogP contribution < -0.4 is 14.8 Å². The summed E-state index contributed by atoms with van der Waals surface area (Å²) in [6.07, 6.45) is 6.71. The van der Waals surface area contributed by atoms with E-state index < -0.39 is 0 Å². The topological polar surface area (TPSA) is 67.9 Å². The Labute approximate surface area is 184 Å². The zero-order chi connectivity index (χ0) is 21.9. The SMILES string of the molecule is CCN(CC(=O)Nc1ccc2c(c1)OCCO2)C(=O)C12CC3CC(C)(CC(C)(C3)C1)C2. The number of amides is 2. The van der Waals surface area contributed by atoms with E-state index in [2.05, 4.69) is 19.2 Å². The standard InChI is InChI=1S/C25H34N2O4/c1-4-27(13-21(28)26-18-5-6-19-20(9-18)31-8-7-30-19)22(29)25-12-17-10-23(2,15-25)14-24(3,11-17)16-25/h5-6,9,17H,4,7-8,10-16H2,1-3H3,(H,26,28). The molecule has 2 amide bonds. The van der Waals surface area contributed by atoms with Crippen molar-refractivity contribution in [3.8, 4) is 11.5 Å². The fraction of sp³-hybridized carbons (Fsp3) is 0.680. The molecule has 4 saturated carbocycles. The van der Waals surface area contributed by atoms with Crippen LogP contribution in [0.15, 0.2) is 18.2 Å². The van der Waals surface area contributed by atoms with Crippen molar-refractivity contribution in [1.82, 2.24) is 4.90 Å². The van der Waals surface area contributed by atoms with Gasteiger partial charge in [0.2, 0.25) is 11.8 Å². The molecule has 6 nitrogen and oxygen atoms in total. The number of nitrogens with zero attached hydrogens (tertiary/aromatic N) is 1. The van der Waals surface area contributed by atoms with Crippen LogP contribution in [0.5, 0.6) is 11.5 Å². The summed E-state index contributed by atoms with van der Waals surface area (Å²) in [5.41, 5.74) is 0.927. The maximum atomic E-state index is 13.8. The van der Waals surface area contributed by atoms with Gasteiger partial charge in [-0.3, -0.25) is 9.59 Å². The lowest BCUT2D eigenvalue weighted by atomic mass is 9.40. The van der Waals surface area contributed by atoms with Gasteiger partial charge < -0.3 is 19.7 Å². The van der Waals surface area contributed by atoms with Crippen molar-refractivity contribution >= 4 is 17.5 Å². The molecule has 2 atom stereocenters. The summed E-state index contributed by atoms with van der Waals surface area (Å²) in [6.45, 7) is 8.40. The smallest absolute Gasteiger partial charge is 0.243 e. The molecule has 6 heteroatoms. The molecule has 1 aromatic carbocycles. The van der Waals surface area contributed by atoms with Gasteiger partial charge in [0, 0.05) is 18.3 Å². The first-order valence-electron chi connectivity index (χ1n) is 11.7. The zero-order valence-electron chi connectivity index (χ0n) is 19.0.